The molecular formula is C42H42F3N7O3. The second-order valence-electron chi connectivity index (χ2n) is 14.1. The van der Waals surface area contributed by atoms with Crippen molar-refractivity contribution in [2.24, 2.45) is 0 Å². The number of pyridine rings is 3. The third kappa shape index (κ3) is 9.84. The average molecular weight is 750 g/mol. The molecule has 284 valence electrons. The zero-order valence-corrected chi connectivity index (χ0v) is 30.4. The molecule has 2 amide bonds. The monoisotopic (exact) mass is 749 g/mol. The summed E-state index contributed by atoms with van der Waals surface area (Å²) in [6, 6.07) is 23.8. The minimum absolute atomic E-state index is 0.0270. The molecule has 3 aromatic heterocycles. The summed E-state index contributed by atoms with van der Waals surface area (Å²) in [6.45, 7) is 5.91. The second-order valence-corrected chi connectivity index (χ2v) is 14.1. The predicted molar refractivity (Wildman–Crippen MR) is 203 cm³/mol. The maximum Gasteiger partial charge on any atom is 0.574 e. The Balaban J connectivity index is 0.845. The maximum atomic E-state index is 13.2. The van der Waals surface area contributed by atoms with Crippen LogP contribution in [0.25, 0.3) is 22.3 Å². The van der Waals surface area contributed by atoms with E-state index >= 15 is 0 Å². The molecule has 0 saturated carbocycles. The average Bonchev–Trinajstić information content (AvgIpc) is 3.19. The molecule has 5 heterocycles. The van der Waals surface area contributed by atoms with Crippen molar-refractivity contribution in [3.63, 3.8) is 0 Å². The van der Waals surface area contributed by atoms with E-state index in [0.717, 1.165) is 92.5 Å². The van der Waals surface area contributed by atoms with Gasteiger partial charge < -0.3 is 20.3 Å². The third-order valence-electron chi connectivity index (χ3n) is 10.2. The number of carbonyl (C=O) groups excluding carboxylic acids is 2. The first-order valence-electron chi connectivity index (χ1n) is 18.4. The van der Waals surface area contributed by atoms with E-state index in [9.17, 15) is 22.8 Å². The van der Waals surface area contributed by atoms with E-state index in [0.29, 0.717) is 22.3 Å². The van der Waals surface area contributed by atoms with Gasteiger partial charge >= 0.3 is 6.36 Å². The van der Waals surface area contributed by atoms with Crippen molar-refractivity contribution in [2.75, 3.05) is 31.1 Å². The minimum atomic E-state index is -4.82. The van der Waals surface area contributed by atoms with Crippen molar-refractivity contribution in [3.05, 3.63) is 126 Å². The molecule has 2 N–H and O–H groups in total. The molecule has 2 aromatic carbocycles. The van der Waals surface area contributed by atoms with Gasteiger partial charge in [-0.25, -0.2) is 9.97 Å². The standard InChI is InChI=1S/C42H42F3N7O3/c1-28-7-9-32(23-37(28)34-10-12-39(48-26-34)55-42(43,44)45)41(54)49-35-13-18-51(19-14-35)27-29-8-11-38(47-24-29)52-20-15-36(16-21-52)50-40(53)31-5-2-4-30(22-31)33-6-3-17-46-25-33/h2-12,17,22-26,35-36H,13-16,18-21,27H2,1H3,(H,49,54)(H,50,53). The van der Waals surface area contributed by atoms with Crippen LogP contribution in [0.2, 0.25) is 0 Å². The van der Waals surface area contributed by atoms with Crippen molar-refractivity contribution in [1.82, 2.24) is 30.5 Å². The van der Waals surface area contributed by atoms with Crippen molar-refractivity contribution < 1.29 is 27.5 Å². The first-order chi connectivity index (χ1) is 26.6. The fourth-order valence-electron chi connectivity index (χ4n) is 7.15. The quantitative estimate of drug-likeness (QED) is 0.154. The molecule has 0 aliphatic carbocycles. The molecule has 2 fully saturated rings. The number of nitrogens with zero attached hydrogens (tertiary/aromatic N) is 5. The van der Waals surface area contributed by atoms with E-state index in [2.05, 4.69) is 47.3 Å². The lowest BCUT2D eigenvalue weighted by atomic mass is 9.98. The Labute approximate surface area is 317 Å². The SMILES string of the molecule is Cc1ccc(C(=O)NC2CCN(Cc3ccc(N4CCC(NC(=O)c5cccc(-c6cccnc6)c5)CC4)nc3)CC2)cc1-c1ccc(OC(F)(F)F)nc1. The minimum Gasteiger partial charge on any atom is -0.388 e. The number of ether oxygens (including phenoxy) is 1. The van der Waals surface area contributed by atoms with Crippen molar-refractivity contribution in [1.29, 1.82) is 0 Å². The molecule has 0 spiro atoms. The summed E-state index contributed by atoms with van der Waals surface area (Å²) < 4.78 is 41.5. The Morgan fingerprint density at radius 2 is 1.45 bits per heavy atom. The number of alkyl halides is 3. The van der Waals surface area contributed by atoms with E-state index < -0.39 is 12.2 Å². The van der Waals surface area contributed by atoms with Crippen LogP contribution in [0.5, 0.6) is 5.88 Å². The van der Waals surface area contributed by atoms with Crippen LogP contribution in [0.4, 0.5) is 19.0 Å². The van der Waals surface area contributed by atoms with Gasteiger partial charge in [-0.3, -0.25) is 19.5 Å². The summed E-state index contributed by atoms with van der Waals surface area (Å²) >= 11 is 0. The number of aromatic nitrogens is 3. The van der Waals surface area contributed by atoms with Gasteiger partial charge in [-0.05, 0) is 97.3 Å². The summed E-state index contributed by atoms with van der Waals surface area (Å²) in [5.41, 5.74) is 6.34. The predicted octanol–water partition coefficient (Wildman–Crippen LogP) is 7.21. The van der Waals surface area contributed by atoms with Gasteiger partial charge in [0, 0.05) is 97.9 Å². The number of carbonyl (C=O) groups is 2. The second kappa shape index (κ2) is 16.7. The first-order valence-corrected chi connectivity index (χ1v) is 18.4. The fourth-order valence-corrected chi connectivity index (χ4v) is 7.15. The smallest absolute Gasteiger partial charge is 0.388 e. The molecule has 5 aromatic rings. The highest BCUT2D eigenvalue weighted by Crippen LogP contribution is 2.28. The van der Waals surface area contributed by atoms with Gasteiger partial charge in [0.25, 0.3) is 11.8 Å². The number of rotatable bonds is 10. The van der Waals surface area contributed by atoms with Gasteiger partial charge in [0.1, 0.15) is 5.82 Å². The van der Waals surface area contributed by atoms with E-state index in [4.69, 9.17) is 4.98 Å². The van der Waals surface area contributed by atoms with Gasteiger partial charge in [0.2, 0.25) is 5.88 Å². The Kier molecular flexibility index (Phi) is 11.4. The molecule has 7 rings (SSSR count). The van der Waals surface area contributed by atoms with Crippen molar-refractivity contribution in [3.8, 4) is 28.1 Å². The van der Waals surface area contributed by atoms with Gasteiger partial charge in [-0.15, -0.1) is 13.2 Å². The van der Waals surface area contributed by atoms with Crippen LogP contribution in [0.1, 0.15) is 57.5 Å². The molecule has 0 bridgehead atoms. The highest BCUT2D eigenvalue weighted by molar-refractivity contribution is 5.96. The van der Waals surface area contributed by atoms with E-state index in [1.807, 2.05) is 55.6 Å². The molecule has 2 saturated heterocycles. The Morgan fingerprint density at radius 1 is 0.745 bits per heavy atom. The molecule has 2 aliphatic rings. The molecule has 10 nitrogen and oxygen atoms in total. The number of halogens is 3. The lowest BCUT2D eigenvalue weighted by Gasteiger charge is -2.34. The lowest BCUT2D eigenvalue weighted by Crippen LogP contribution is -2.45. The third-order valence-corrected chi connectivity index (χ3v) is 10.2. The Morgan fingerprint density at radius 3 is 2.09 bits per heavy atom. The largest absolute Gasteiger partial charge is 0.574 e. The Bertz CT molecular complexity index is 2080. The zero-order valence-electron chi connectivity index (χ0n) is 30.4. The number of aryl methyl sites for hydroxylation is 1. The zero-order chi connectivity index (χ0) is 38.4. The van der Waals surface area contributed by atoms with Crippen LogP contribution in [0, 0.1) is 6.92 Å². The van der Waals surface area contributed by atoms with E-state index in [1.165, 1.54) is 12.3 Å². The Hall–Kier alpha value is -5.82. The van der Waals surface area contributed by atoms with Gasteiger partial charge in [-0.1, -0.05) is 30.3 Å². The van der Waals surface area contributed by atoms with Crippen molar-refractivity contribution >= 4 is 17.6 Å². The number of benzene rings is 2. The van der Waals surface area contributed by atoms with Gasteiger partial charge in [0.15, 0.2) is 0 Å². The van der Waals surface area contributed by atoms with Crippen LogP contribution >= 0.6 is 0 Å². The lowest BCUT2D eigenvalue weighted by molar-refractivity contribution is -0.276. The molecule has 13 heteroatoms. The summed E-state index contributed by atoms with van der Waals surface area (Å²) in [7, 11) is 0. The van der Waals surface area contributed by atoms with Crippen LogP contribution in [0.15, 0.2) is 104 Å². The summed E-state index contributed by atoms with van der Waals surface area (Å²) in [5.74, 6) is 0.133. The van der Waals surface area contributed by atoms with Crippen LogP contribution in [-0.2, 0) is 6.54 Å². The molecule has 55 heavy (non-hydrogen) atoms. The molecule has 2 aliphatic heterocycles. The van der Waals surface area contributed by atoms with Gasteiger partial charge in [-0.2, -0.15) is 0 Å². The molecule has 0 unspecified atom stereocenters. The molecular weight excluding hydrogens is 708 g/mol. The van der Waals surface area contributed by atoms with Crippen LogP contribution in [-0.4, -0.2) is 76.3 Å². The van der Waals surface area contributed by atoms with Gasteiger partial charge in [0.05, 0.1) is 0 Å². The number of piperidine rings is 2. The fraction of sp³-hybridized carbons (Fsp3) is 0.310. The normalized spacial score (nSPS) is 15.7. The first kappa shape index (κ1) is 37.5. The number of likely N-dealkylation sites (tertiary alicyclic amines) is 1. The number of nitrogens with one attached hydrogen (secondary N) is 2. The van der Waals surface area contributed by atoms with E-state index in [-0.39, 0.29) is 23.9 Å². The number of hydrogen-bond acceptors (Lipinski definition) is 8. The number of anilines is 1. The number of hydrogen-bond donors (Lipinski definition) is 2. The highest BCUT2D eigenvalue weighted by atomic mass is 19.4. The van der Waals surface area contributed by atoms with Crippen LogP contribution < -0.4 is 20.3 Å². The summed E-state index contributed by atoms with van der Waals surface area (Å²) in [6.07, 6.45) is 5.24. The molecule has 0 atom stereocenters. The maximum absolute atomic E-state index is 13.2. The van der Waals surface area contributed by atoms with Crippen LogP contribution in [0.3, 0.4) is 0 Å². The van der Waals surface area contributed by atoms with Crippen molar-refractivity contribution in [2.45, 2.75) is 57.6 Å². The summed E-state index contributed by atoms with van der Waals surface area (Å²) in [4.78, 5) is 43.6. The topological polar surface area (TPSA) is 113 Å². The summed E-state index contributed by atoms with van der Waals surface area (Å²) in [5, 5.41) is 6.37. The molecule has 0 radical (unpaired) electrons. The number of amides is 2. The van der Waals surface area contributed by atoms with E-state index in [1.54, 1.807) is 24.5 Å². The highest BCUT2D eigenvalue weighted by Gasteiger charge is 2.32.